The van der Waals surface area contributed by atoms with Crippen LogP contribution in [-0.4, -0.2) is 40.5 Å². The van der Waals surface area contributed by atoms with Crippen LogP contribution in [0.3, 0.4) is 0 Å². The largest absolute Gasteiger partial charge is 0.493 e. The van der Waals surface area contributed by atoms with Crippen molar-refractivity contribution in [3.05, 3.63) is 53.1 Å². The number of nitrogens with zero attached hydrogens (tertiary/aromatic N) is 3. The van der Waals surface area contributed by atoms with E-state index in [9.17, 15) is 4.79 Å². The van der Waals surface area contributed by atoms with Crippen molar-refractivity contribution < 1.29 is 14.3 Å². The second-order valence-electron chi connectivity index (χ2n) is 6.77. The van der Waals surface area contributed by atoms with E-state index in [1.807, 2.05) is 37.4 Å². The van der Waals surface area contributed by atoms with E-state index in [0.717, 1.165) is 29.9 Å². The number of hydrogen-bond donors (Lipinski definition) is 0. The molecule has 6 heteroatoms. The Morgan fingerprint density at radius 3 is 2.88 bits per heavy atom. The van der Waals surface area contributed by atoms with Crippen molar-refractivity contribution in [3.63, 3.8) is 0 Å². The Labute approximate surface area is 153 Å². The standard InChI is InChI=1S/C20H23N3O3/c1-3-7-18-21-10-15-16(22-18)11-26-20(15)12-23(13-20)19(24)14-8-5-6-9-17(14)25-4-2/h5-6,8-10H,3-4,7,11-13H2,1-2H3. The highest BCUT2D eigenvalue weighted by Crippen LogP contribution is 2.43. The normalized spacial score (nSPS) is 17.1. The van der Waals surface area contributed by atoms with E-state index in [4.69, 9.17) is 9.47 Å². The number of carbonyl (C=O) groups excluding carboxylic acids is 1. The lowest BCUT2D eigenvalue weighted by molar-refractivity contribution is -0.126. The van der Waals surface area contributed by atoms with E-state index >= 15 is 0 Å². The lowest BCUT2D eigenvalue weighted by Gasteiger charge is -2.47. The zero-order valence-electron chi connectivity index (χ0n) is 15.2. The van der Waals surface area contributed by atoms with Crippen LogP contribution in [-0.2, 0) is 23.4 Å². The highest BCUT2D eigenvalue weighted by molar-refractivity contribution is 5.97. The van der Waals surface area contributed by atoms with Gasteiger partial charge >= 0.3 is 0 Å². The van der Waals surface area contributed by atoms with Gasteiger partial charge in [-0.3, -0.25) is 4.79 Å². The Balaban J connectivity index is 1.51. The maximum atomic E-state index is 12.9. The average Bonchev–Trinajstić information content (AvgIpc) is 3.00. The second-order valence-corrected chi connectivity index (χ2v) is 6.77. The van der Waals surface area contributed by atoms with Crippen LogP contribution in [0.1, 0.15) is 47.7 Å². The number of rotatable bonds is 5. The van der Waals surface area contributed by atoms with Gasteiger partial charge in [-0.25, -0.2) is 9.97 Å². The molecule has 0 aliphatic carbocycles. The van der Waals surface area contributed by atoms with Crippen molar-refractivity contribution >= 4 is 5.91 Å². The topological polar surface area (TPSA) is 64.6 Å². The third-order valence-corrected chi connectivity index (χ3v) is 4.96. The molecule has 0 unspecified atom stereocenters. The van der Waals surface area contributed by atoms with Gasteiger partial charge in [0.05, 0.1) is 37.6 Å². The maximum Gasteiger partial charge on any atom is 0.257 e. The minimum absolute atomic E-state index is 0.0275. The third kappa shape index (κ3) is 2.74. The lowest BCUT2D eigenvalue weighted by Crippen LogP contribution is -2.61. The van der Waals surface area contributed by atoms with Crippen LogP contribution in [0.2, 0.25) is 0 Å². The first kappa shape index (κ1) is 17.0. The monoisotopic (exact) mass is 353 g/mol. The van der Waals surface area contributed by atoms with Gasteiger partial charge in [0.15, 0.2) is 0 Å². The first-order chi connectivity index (χ1) is 12.7. The summed E-state index contributed by atoms with van der Waals surface area (Å²) in [6.07, 6.45) is 3.78. The average molecular weight is 353 g/mol. The molecule has 26 heavy (non-hydrogen) atoms. The fourth-order valence-electron chi connectivity index (χ4n) is 3.65. The Morgan fingerprint density at radius 1 is 1.31 bits per heavy atom. The van der Waals surface area contributed by atoms with E-state index in [0.29, 0.717) is 37.6 Å². The number of hydrogen-bond acceptors (Lipinski definition) is 5. The van der Waals surface area contributed by atoms with Gasteiger partial charge in [0.25, 0.3) is 5.91 Å². The molecule has 1 saturated heterocycles. The van der Waals surface area contributed by atoms with E-state index in [1.165, 1.54) is 0 Å². The number of likely N-dealkylation sites (tertiary alicyclic amines) is 1. The molecule has 0 radical (unpaired) electrons. The zero-order valence-corrected chi connectivity index (χ0v) is 15.2. The highest BCUT2D eigenvalue weighted by Gasteiger charge is 2.52. The summed E-state index contributed by atoms with van der Waals surface area (Å²) in [5.74, 6) is 1.46. The SMILES string of the molecule is CCCc1ncc2c(n1)COC21CN(C(=O)c2ccccc2OCC)C1. The van der Waals surface area contributed by atoms with Crippen molar-refractivity contribution in [2.75, 3.05) is 19.7 Å². The first-order valence-electron chi connectivity index (χ1n) is 9.17. The molecule has 6 nitrogen and oxygen atoms in total. The van der Waals surface area contributed by atoms with E-state index in [1.54, 1.807) is 4.90 Å². The summed E-state index contributed by atoms with van der Waals surface area (Å²) in [5.41, 5.74) is 2.14. The molecular weight excluding hydrogens is 330 g/mol. The Kier molecular flexibility index (Phi) is 4.36. The number of aromatic nitrogens is 2. The molecule has 2 aromatic rings. The molecular formula is C20H23N3O3. The van der Waals surface area contributed by atoms with Crippen molar-refractivity contribution in [2.24, 2.45) is 0 Å². The summed E-state index contributed by atoms with van der Waals surface area (Å²) in [6.45, 7) is 6.10. The zero-order chi connectivity index (χ0) is 18.1. The van der Waals surface area contributed by atoms with Crippen LogP contribution in [0.15, 0.2) is 30.5 Å². The van der Waals surface area contributed by atoms with Gasteiger partial charge in [0.1, 0.15) is 17.2 Å². The molecule has 1 amide bonds. The van der Waals surface area contributed by atoms with Crippen molar-refractivity contribution in [2.45, 2.75) is 38.9 Å². The van der Waals surface area contributed by atoms with Crippen LogP contribution in [0.25, 0.3) is 0 Å². The quantitative estimate of drug-likeness (QED) is 0.827. The fraction of sp³-hybridized carbons (Fsp3) is 0.450. The van der Waals surface area contributed by atoms with Gasteiger partial charge in [-0.15, -0.1) is 0 Å². The van der Waals surface area contributed by atoms with Gasteiger partial charge in [-0.05, 0) is 25.5 Å². The molecule has 1 aromatic carbocycles. The minimum atomic E-state index is -0.448. The van der Waals surface area contributed by atoms with Crippen LogP contribution in [0.5, 0.6) is 5.75 Å². The highest BCUT2D eigenvalue weighted by atomic mass is 16.5. The minimum Gasteiger partial charge on any atom is -0.493 e. The summed E-state index contributed by atoms with van der Waals surface area (Å²) >= 11 is 0. The number of fused-ring (bicyclic) bond motifs is 2. The number of aryl methyl sites for hydroxylation is 1. The number of carbonyl (C=O) groups is 1. The summed E-state index contributed by atoms with van der Waals surface area (Å²) < 4.78 is 11.6. The van der Waals surface area contributed by atoms with Gasteiger partial charge in [0.2, 0.25) is 0 Å². The molecule has 0 atom stereocenters. The van der Waals surface area contributed by atoms with Crippen molar-refractivity contribution in [3.8, 4) is 5.75 Å². The molecule has 0 N–H and O–H groups in total. The second kappa shape index (κ2) is 6.68. The van der Waals surface area contributed by atoms with Gasteiger partial charge in [-0.2, -0.15) is 0 Å². The van der Waals surface area contributed by atoms with Gasteiger partial charge < -0.3 is 14.4 Å². The summed E-state index contributed by atoms with van der Waals surface area (Å²) in [5, 5.41) is 0. The smallest absolute Gasteiger partial charge is 0.257 e. The van der Waals surface area contributed by atoms with E-state index in [2.05, 4.69) is 16.9 Å². The number of ether oxygens (including phenoxy) is 2. The number of benzene rings is 1. The molecule has 0 saturated carbocycles. The Hall–Kier alpha value is -2.47. The third-order valence-electron chi connectivity index (χ3n) is 4.96. The van der Waals surface area contributed by atoms with Crippen molar-refractivity contribution in [1.82, 2.24) is 14.9 Å². The van der Waals surface area contributed by atoms with Crippen molar-refractivity contribution in [1.29, 1.82) is 0 Å². The van der Waals surface area contributed by atoms with E-state index in [-0.39, 0.29) is 5.91 Å². The number of para-hydroxylation sites is 1. The van der Waals surface area contributed by atoms with Crippen LogP contribution >= 0.6 is 0 Å². The maximum absolute atomic E-state index is 12.9. The molecule has 1 aromatic heterocycles. The molecule has 136 valence electrons. The van der Waals surface area contributed by atoms with Gasteiger partial charge in [-0.1, -0.05) is 19.1 Å². The van der Waals surface area contributed by atoms with Crippen LogP contribution < -0.4 is 4.74 Å². The lowest BCUT2D eigenvalue weighted by atomic mass is 9.87. The molecule has 0 bridgehead atoms. The molecule has 1 fully saturated rings. The first-order valence-corrected chi connectivity index (χ1v) is 9.17. The molecule has 4 rings (SSSR count). The fourth-order valence-corrected chi connectivity index (χ4v) is 3.65. The van der Waals surface area contributed by atoms with E-state index < -0.39 is 5.60 Å². The summed E-state index contributed by atoms with van der Waals surface area (Å²) in [6, 6.07) is 7.37. The molecule has 2 aliphatic rings. The molecule has 1 spiro atoms. The molecule has 2 aliphatic heterocycles. The predicted octanol–water partition coefficient (Wildman–Crippen LogP) is 2.71. The summed E-state index contributed by atoms with van der Waals surface area (Å²) in [4.78, 5) is 23.8. The van der Waals surface area contributed by atoms with Crippen LogP contribution in [0.4, 0.5) is 0 Å². The number of amides is 1. The predicted molar refractivity (Wildman–Crippen MR) is 96.0 cm³/mol. The Morgan fingerprint density at radius 2 is 2.12 bits per heavy atom. The van der Waals surface area contributed by atoms with Crippen LogP contribution in [0, 0.1) is 0 Å². The molecule has 3 heterocycles. The summed E-state index contributed by atoms with van der Waals surface area (Å²) in [7, 11) is 0. The van der Waals surface area contributed by atoms with Gasteiger partial charge in [0, 0.05) is 18.2 Å². The Bertz CT molecular complexity index is 831.